The first-order chi connectivity index (χ1) is 3.93. The molecule has 1 rings (SSSR count). The molecule has 1 heteroatoms. The Balaban J connectivity index is 0.000000640. The molecule has 1 aliphatic rings. The molecule has 0 atom stereocenters. The fraction of sp³-hybridized carbons (Fsp3) is 0.429. The van der Waals surface area contributed by atoms with Crippen LogP contribution in [0.3, 0.4) is 0 Å². The van der Waals surface area contributed by atoms with Gasteiger partial charge in [-0.1, -0.05) is 0 Å². The molecule has 0 heterocycles. The minimum Gasteiger partial charge on any atom is -1.00 e. The minimum atomic E-state index is -0.238. The summed E-state index contributed by atoms with van der Waals surface area (Å²) >= 11 is -0.238. The molecule has 44 valence electrons. The van der Waals surface area contributed by atoms with Gasteiger partial charge in [0.1, 0.15) is 0 Å². The van der Waals surface area contributed by atoms with Crippen LogP contribution in [0.2, 0.25) is 4.18 Å². The quantitative estimate of drug-likeness (QED) is 0.678. The normalized spacial score (nSPS) is 16.4. The predicted molar refractivity (Wildman–Crippen MR) is 33.4 cm³/mol. The molecule has 0 aromatic rings. The van der Waals surface area contributed by atoms with Crippen LogP contribution < -0.4 is 0 Å². The van der Waals surface area contributed by atoms with E-state index in [9.17, 15) is 0 Å². The second-order valence-electron chi connectivity index (χ2n) is 1.85. The van der Waals surface area contributed by atoms with Gasteiger partial charge in [0, 0.05) is 0 Å². The van der Waals surface area contributed by atoms with Crippen LogP contribution in [0, 0.1) is 0 Å². The van der Waals surface area contributed by atoms with Crippen LogP contribution in [0.1, 0.15) is 14.8 Å². The Morgan fingerprint density at radius 1 is 1.88 bits per heavy atom. The Kier molecular flexibility index (Phi) is 2.74. The molecule has 0 aromatic heterocycles. The molecule has 0 nitrogen and oxygen atoms in total. The molecule has 0 aliphatic heterocycles. The fourth-order valence-corrected chi connectivity index (χ4v) is 4.15. The maximum absolute atomic E-state index is 2.31. The second kappa shape index (κ2) is 3.39. The second-order valence-corrected chi connectivity index (χ2v) is 7.97. The molecular weight excluding hydrogens is 263 g/mol. The van der Waals surface area contributed by atoms with Gasteiger partial charge in [-0.25, -0.2) is 0 Å². The van der Waals surface area contributed by atoms with Gasteiger partial charge in [-0.3, -0.25) is 0 Å². The number of hydrogen-bond acceptors (Lipinski definition) is 0. The van der Waals surface area contributed by atoms with Crippen LogP contribution in [-0.4, -0.2) is 0 Å². The summed E-state index contributed by atoms with van der Waals surface area (Å²) < 4.78 is 3.26. The van der Waals surface area contributed by atoms with Crippen molar-refractivity contribution in [1.29, 1.82) is 0 Å². The Bertz CT molecular complexity index is 127. The van der Waals surface area contributed by atoms with Crippen LogP contribution in [0.15, 0.2) is 21.6 Å². The zero-order valence-electron chi connectivity index (χ0n) is 6.15. The third-order valence-corrected chi connectivity index (χ3v) is 5.41. The fourth-order valence-electron chi connectivity index (χ4n) is 0.805. The van der Waals surface area contributed by atoms with E-state index in [1.165, 1.54) is 10.6 Å². The van der Waals surface area contributed by atoms with Crippen molar-refractivity contribution < 1.29 is 24.3 Å². The summed E-state index contributed by atoms with van der Waals surface area (Å²) in [5.41, 5.74) is 0. The minimum absolute atomic E-state index is 0. The van der Waals surface area contributed by atoms with Crippen molar-refractivity contribution in [3.05, 3.63) is 21.6 Å². The molecule has 0 unspecified atom stereocenters. The van der Waals surface area contributed by atoms with Gasteiger partial charge >= 0.3 is 62.0 Å². The third-order valence-electron chi connectivity index (χ3n) is 1.18. The van der Waals surface area contributed by atoms with Gasteiger partial charge in [0.05, 0.1) is 0 Å². The van der Waals surface area contributed by atoms with Crippen molar-refractivity contribution in [2.24, 2.45) is 0 Å². The van der Waals surface area contributed by atoms with Crippen molar-refractivity contribution in [3.8, 4) is 0 Å². The summed E-state index contributed by atoms with van der Waals surface area (Å²) in [4.78, 5) is 0. The average molecular weight is 274 g/mol. The Morgan fingerprint density at radius 2 is 2.75 bits per heavy atom. The first-order valence-corrected chi connectivity index (χ1v) is 7.36. The molecule has 0 spiro atoms. The van der Waals surface area contributed by atoms with E-state index in [1.54, 1.807) is 3.33 Å². The molecular formula is C7H11Hf-. The molecule has 0 fully saturated rings. The van der Waals surface area contributed by atoms with E-state index in [1.807, 2.05) is 0 Å². The van der Waals surface area contributed by atoms with Gasteiger partial charge in [-0.05, 0) is 0 Å². The van der Waals surface area contributed by atoms with Gasteiger partial charge < -0.3 is 1.43 Å². The van der Waals surface area contributed by atoms with Crippen molar-refractivity contribution in [1.82, 2.24) is 0 Å². The Morgan fingerprint density at radius 3 is 3.25 bits per heavy atom. The van der Waals surface area contributed by atoms with Crippen molar-refractivity contribution >= 4 is 0 Å². The van der Waals surface area contributed by atoms with Crippen LogP contribution in [0.4, 0.5) is 0 Å². The van der Waals surface area contributed by atoms with Gasteiger partial charge in [-0.15, -0.1) is 0 Å². The van der Waals surface area contributed by atoms with Gasteiger partial charge in [0.25, 0.3) is 0 Å². The summed E-state index contributed by atoms with van der Waals surface area (Å²) in [6, 6.07) is 0. The van der Waals surface area contributed by atoms with Gasteiger partial charge in [0.15, 0.2) is 0 Å². The van der Waals surface area contributed by atoms with E-state index in [0.29, 0.717) is 0 Å². The van der Waals surface area contributed by atoms with E-state index in [-0.39, 0.29) is 24.3 Å². The molecule has 0 saturated carbocycles. The SMILES string of the molecule is C[CH2][Hf][C]1=CC=CC1.[H-]. The van der Waals surface area contributed by atoms with Crippen molar-refractivity contribution in [3.63, 3.8) is 0 Å². The first-order valence-electron chi connectivity index (χ1n) is 3.03. The molecule has 0 amide bonds. The summed E-state index contributed by atoms with van der Waals surface area (Å²) in [5.74, 6) is 0. The summed E-state index contributed by atoms with van der Waals surface area (Å²) in [7, 11) is 0. The summed E-state index contributed by atoms with van der Waals surface area (Å²) in [6.07, 6.45) is 8.06. The maximum Gasteiger partial charge on any atom is -1.00 e. The Hall–Kier alpha value is 0.350. The molecule has 0 radical (unpaired) electrons. The van der Waals surface area contributed by atoms with E-state index >= 15 is 0 Å². The third kappa shape index (κ3) is 1.70. The van der Waals surface area contributed by atoms with Gasteiger partial charge in [-0.2, -0.15) is 0 Å². The van der Waals surface area contributed by atoms with Crippen LogP contribution in [0.25, 0.3) is 0 Å². The molecule has 0 N–H and O–H groups in total. The topological polar surface area (TPSA) is 0 Å². The zero-order chi connectivity index (χ0) is 5.82. The van der Waals surface area contributed by atoms with E-state index < -0.39 is 0 Å². The predicted octanol–water partition coefficient (Wildman–Crippen LogP) is 2.46. The van der Waals surface area contributed by atoms with E-state index in [4.69, 9.17) is 0 Å². The number of allylic oxidation sites excluding steroid dienone is 4. The summed E-state index contributed by atoms with van der Waals surface area (Å²) in [6.45, 7) is 2.31. The molecule has 8 heavy (non-hydrogen) atoms. The van der Waals surface area contributed by atoms with Crippen LogP contribution in [-0.2, 0) is 22.9 Å². The van der Waals surface area contributed by atoms with Crippen molar-refractivity contribution in [2.45, 2.75) is 17.5 Å². The van der Waals surface area contributed by atoms with Crippen LogP contribution >= 0.6 is 0 Å². The Labute approximate surface area is 63.5 Å². The number of hydrogen-bond donors (Lipinski definition) is 0. The van der Waals surface area contributed by atoms with Crippen LogP contribution in [0.5, 0.6) is 0 Å². The standard InChI is InChI=1S/C5H5.C2H5.Hf.H/c1-2-4-5-3-1;1-2;;/h1-3H,4H2;1H2,2H3;;/q;;;-1. The van der Waals surface area contributed by atoms with E-state index in [2.05, 4.69) is 25.2 Å². The van der Waals surface area contributed by atoms with Crippen molar-refractivity contribution in [2.75, 3.05) is 0 Å². The molecule has 0 saturated heterocycles. The smallest absolute Gasteiger partial charge is 1.00 e. The molecule has 0 bridgehead atoms. The monoisotopic (exact) mass is 275 g/mol. The largest absolute Gasteiger partial charge is 1.00 e. The summed E-state index contributed by atoms with van der Waals surface area (Å²) in [5, 5.41) is 0. The molecule has 0 aromatic carbocycles. The first kappa shape index (κ1) is 6.47. The number of rotatable bonds is 2. The zero-order valence-corrected chi connectivity index (χ0v) is 8.74. The molecule has 1 aliphatic carbocycles. The van der Waals surface area contributed by atoms with E-state index in [0.717, 1.165) is 0 Å². The average Bonchev–Trinajstić information content (AvgIpc) is 2.19. The maximum atomic E-state index is 2.31. The van der Waals surface area contributed by atoms with Gasteiger partial charge in [0.2, 0.25) is 0 Å².